The second kappa shape index (κ2) is 33.5. The zero-order valence-corrected chi connectivity index (χ0v) is 64.7. The van der Waals surface area contributed by atoms with Gasteiger partial charge in [-0.15, -0.1) is 0 Å². The summed E-state index contributed by atoms with van der Waals surface area (Å²) in [5, 5.41) is 201. The molecule has 37 nitrogen and oxygen atoms in total. The number of carboxylic acids is 1. The van der Waals surface area contributed by atoms with Crippen molar-refractivity contribution in [2.75, 3.05) is 61.0 Å². The van der Waals surface area contributed by atoms with E-state index in [1.54, 1.807) is 12.1 Å². The van der Waals surface area contributed by atoms with Gasteiger partial charge in [-0.1, -0.05) is 39.3 Å². The van der Waals surface area contributed by atoms with Crippen LogP contribution in [0.25, 0.3) is 6.08 Å². The molecule has 1 aromatic carbocycles. The van der Waals surface area contributed by atoms with E-state index in [0.29, 0.717) is 31.2 Å². The molecule has 0 amide bonds. The third-order valence-corrected chi connectivity index (χ3v) is 27.3. The van der Waals surface area contributed by atoms with Crippen LogP contribution in [0, 0.1) is 50.2 Å². The number of aliphatic hydroxyl groups excluding tert-OH is 16. The number of carbonyl (C=O) groups is 3. The summed E-state index contributed by atoms with van der Waals surface area (Å²) >= 11 is 0. The summed E-state index contributed by atoms with van der Waals surface area (Å²) in [5.41, 5.74) is -7.82. The molecule has 6 aliphatic heterocycles. The maximum absolute atomic E-state index is 16.2. The molecule has 18 N–H and O–H groups in total. The number of rotatable bonds is 23. The number of ether oxygens (including phenoxy) is 16. The molecule has 10 fully saturated rings. The molecule has 6 saturated heterocycles. The smallest absolute Gasteiger partial charge is 0.331 e. The third-order valence-electron chi connectivity index (χ3n) is 27.3. The van der Waals surface area contributed by atoms with Crippen molar-refractivity contribution in [1.82, 2.24) is 0 Å². The van der Waals surface area contributed by atoms with E-state index >= 15 is 4.79 Å². The zero-order chi connectivity index (χ0) is 82.5. The lowest BCUT2D eigenvalue weighted by Gasteiger charge is -2.71. The van der Waals surface area contributed by atoms with Gasteiger partial charge in [0.05, 0.1) is 90.1 Å². The van der Waals surface area contributed by atoms with Gasteiger partial charge in [-0.2, -0.15) is 0 Å². The predicted octanol–water partition coefficient (Wildman–Crippen LogP) is -3.75. The molecule has 12 rings (SSSR count). The molecular formula is C76H114O37. The van der Waals surface area contributed by atoms with Gasteiger partial charge in [-0.25, -0.2) is 4.79 Å². The van der Waals surface area contributed by atoms with Crippen molar-refractivity contribution in [2.45, 2.75) is 284 Å². The van der Waals surface area contributed by atoms with Crippen LogP contribution in [0.15, 0.2) is 29.9 Å². The van der Waals surface area contributed by atoms with Gasteiger partial charge >= 0.3 is 17.9 Å². The third kappa shape index (κ3) is 15.3. The van der Waals surface area contributed by atoms with Crippen LogP contribution in [0.2, 0.25) is 0 Å². The number of carbonyl (C=O) groups excluding carboxylic acids is 2. The predicted molar refractivity (Wildman–Crippen MR) is 377 cm³/mol. The highest BCUT2D eigenvalue weighted by atomic mass is 16.8. The zero-order valence-electron chi connectivity index (χ0n) is 64.7. The van der Waals surface area contributed by atoms with E-state index in [1.165, 1.54) is 48.2 Å². The summed E-state index contributed by atoms with van der Waals surface area (Å²) in [6.07, 6.45) is -43.5. The maximum atomic E-state index is 16.2. The Kier molecular flexibility index (Phi) is 26.0. The highest BCUT2D eigenvalue weighted by molar-refractivity contribution is 5.87. The largest absolute Gasteiger partial charge is 0.493 e. The molecule has 37 atom stereocenters. The fraction of sp³-hybridized carbons (Fsp3) is 0.829. The van der Waals surface area contributed by atoms with Gasteiger partial charge in [0.2, 0.25) is 12.0 Å². The van der Waals surface area contributed by atoms with E-state index in [1.807, 2.05) is 13.0 Å². The number of esters is 2. The quantitative estimate of drug-likeness (QED) is 0.0217. The first-order valence-corrected chi connectivity index (χ1v) is 38.6. The van der Waals surface area contributed by atoms with Gasteiger partial charge in [-0.3, -0.25) is 9.59 Å². The monoisotopic (exact) mass is 1620 g/mol. The van der Waals surface area contributed by atoms with Crippen molar-refractivity contribution in [3.8, 4) is 17.2 Å². The topological polar surface area (TPSA) is 563 Å². The maximum Gasteiger partial charge on any atom is 0.331 e. The molecule has 5 aliphatic carbocycles. The van der Waals surface area contributed by atoms with Gasteiger partial charge in [0.1, 0.15) is 109 Å². The first kappa shape index (κ1) is 87.7. The molecule has 6 heterocycles. The van der Waals surface area contributed by atoms with Crippen LogP contribution >= 0.6 is 0 Å². The Hall–Kier alpha value is -4.61. The van der Waals surface area contributed by atoms with Gasteiger partial charge in [0, 0.05) is 11.5 Å². The van der Waals surface area contributed by atoms with E-state index in [4.69, 9.17) is 75.8 Å². The van der Waals surface area contributed by atoms with Crippen LogP contribution in [0.4, 0.5) is 0 Å². The second-order valence-electron chi connectivity index (χ2n) is 34.1. The van der Waals surface area contributed by atoms with Crippen LogP contribution in [0.1, 0.15) is 112 Å². The highest BCUT2D eigenvalue weighted by Gasteiger charge is 2.74. The minimum Gasteiger partial charge on any atom is -0.493 e. The van der Waals surface area contributed by atoms with Crippen LogP contribution in [0.5, 0.6) is 17.2 Å². The fourth-order valence-electron chi connectivity index (χ4n) is 20.7. The standard InChI is InChI=1S/C76H114O37/c1-31-55(108-44(82)14-11-33-21-37(98-8)57(100-10)38(22-33)99-9)53(91)59(111-65-54(92)58(110-67-60(93)76(97,29-80)30-102-67)56(32(2)103-65)109-62-50(88)47(85)41(27-101-62)107-63-51(89)48(86)45(83)39(25-77)105-63)66(104-31)113-69(96)74-18-17-70(3,4)23-35(74)34-12-13-42-71(5)24-36(81)61(112-64-52(90)49(87)46(84)40(26-78)106-64)73(7,68(94)95)43(71)15-16-72(42,6)75(34,28-79)20-19-74/h11-12,14,21-22,31-32,35-36,39-43,45-56,58-67,77-81,83-93,97H,13,15-20,23-30H2,1-10H3,(H,94,95)/t31-,32+,35+,36+,39-,40-,41-,42-,43-,45+,46-,47+,48+,49+,50-,51-,52-,53+,54-,55+,56+,58+,59-,60+,61+,62+,63+,64+,65+,66+,67+,71-,72-,73+,74+,75+,76-/m1/s1. The van der Waals surface area contributed by atoms with E-state index in [2.05, 4.69) is 20.8 Å². The molecule has 0 spiro atoms. The Balaban J connectivity index is 0.848. The van der Waals surface area contributed by atoms with E-state index in [0.717, 1.165) is 11.6 Å². The number of allylic oxidation sites excluding steroid dienone is 1. The molecular weight excluding hydrogens is 1500 g/mol. The molecule has 0 aromatic heterocycles. The van der Waals surface area contributed by atoms with Crippen molar-refractivity contribution in [2.24, 2.45) is 50.2 Å². The highest BCUT2D eigenvalue weighted by Crippen LogP contribution is 2.76. The first-order chi connectivity index (χ1) is 53.3. The molecule has 0 radical (unpaired) electrons. The number of carboxylic acid groups (broad SMARTS) is 1. The van der Waals surface area contributed by atoms with E-state index in [-0.39, 0.29) is 49.4 Å². The Morgan fingerprint density at radius 1 is 0.558 bits per heavy atom. The molecule has 113 heavy (non-hydrogen) atoms. The van der Waals surface area contributed by atoms with E-state index < -0.39 is 285 Å². The Morgan fingerprint density at radius 3 is 1.72 bits per heavy atom. The van der Waals surface area contributed by atoms with Crippen LogP contribution in [0.3, 0.4) is 0 Å². The van der Waals surface area contributed by atoms with Crippen LogP contribution in [-0.4, -0.2) is 348 Å². The van der Waals surface area contributed by atoms with Gasteiger partial charge in [0.25, 0.3) is 0 Å². The summed E-state index contributed by atoms with van der Waals surface area (Å²) in [6.45, 7) is 8.02. The molecule has 0 unspecified atom stereocenters. The van der Waals surface area contributed by atoms with Crippen LogP contribution < -0.4 is 14.2 Å². The Bertz CT molecular complexity index is 3540. The van der Waals surface area contributed by atoms with Gasteiger partial charge < -0.3 is 168 Å². The number of aliphatic carboxylic acids is 1. The SMILES string of the molecule is COc1cc(C=CC(=O)O[C@@H]2[C@H](O)[C@@H](O[C@@H]3O[C@@H](C)[C@H](O[C@@H]4OC[C@@H](O[C@@H]5O[C@H](CO)[C@H](O)[C@H](O)[C@H]5O)[C@H](O)[C@H]4O)[C@@H](O[C@@H]4OC[C@](O)(CO)[C@H]4O)[C@H]3O)[C@H](OC(=O)[C@]34CCC(C)(C)C[C@H]3C3=CC[C@@H]5[C@@]6(C)C[C@H](O)[C@H](O[C@@H]7O[C@H](CO)[C@@H](O)[C@H](O)[C@H]7O)[C@@](C)(C(=O)O)[C@@H]6CC[C@@]5(C)[C@]3(CO)CC4)O[C@@H]2C)cc(OC)c1OC. The second-order valence-corrected chi connectivity index (χ2v) is 34.1. The average Bonchev–Trinajstić information content (AvgIpc) is 0.898. The molecule has 11 aliphatic rings. The summed E-state index contributed by atoms with van der Waals surface area (Å²) in [6, 6.07) is 3.10. The van der Waals surface area contributed by atoms with Crippen molar-refractivity contribution < 1.29 is 182 Å². The summed E-state index contributed by atoms with van der Waals surface area (Å²) in [4.78, 5) is 44.3. The summed E-state index contributed by atoms with van der Waals surface area (Å²) in [5.74, 6) is -4.24. The van der Waals surface area contributed by atoms with Crippen molar-refractivity contribution >= 4 is 24.0 Å². The lowest BCUT2D eigenvalue weighted by Crippen LogP contribution is -2.71. The Morgan fingerprint density at radius 2 is 1.13 bits per heavy atom. The molecule has 640 valence electrons. The average molecular weight is 1620 g/mol. The fourth-order valence-corrected chi connectivity index (χ4v) is 20.7. The number of benzene rings is 1. The first-order valence-electron chi connectivity index (χ1n) is 38.6. The molecule has 0 bridgehead atoms. The number of hydrogen-bond donors (Lipinski definition) is 18. The van der Waals surface area contributed by atoms with Crippen molar-refractivity contribution in [1.29, 1.82) is 0 Å². The van der Waals surface area contributed by atoms with Gasteiger partial charge in [-0.05, 0) is 136 Å². The number of aliphatic hydroxyl groups is 17. The lowest BCUT2D eigenvalue weighted by atomic mass is 9.33. The Labute approximate surface area is 651 Å². The minimum atomic E-state index is -2.32. The number of methoxy groups -OCH3 is 3. The van der Waals surface area contributed by atoms with Gasteiger partial charge in [0.15, 0.2) is 55.2 Å². The molecule has 1 aromatic rings. The normalized spacial score (nSPS) is 48.4. The van der Waals surface area contributed by atoms with Crippen LogP contribution in [-0.2, 0) is 76.0 Å². The summed E-state index contributed by atoms with van der Waals surface area (Å²) in [7, 11) is 4.21. The van der Waals surface area contributed by atoms with E-state index in [9.17, 15) is 102 Å². The molecule has 37 heteroatoms. The number of fused-ring (bicyclic) bond motifs is 7. The number of hydrogen-bond acceptors (Lipinski definition) is 36. The van der Waals surface area contributed by atoms with Crippen molar-refractivity contribution in [3.63, 3.8) is 0 Å². The van der Waals surface area contributed by atoms with Crippen molar-refractivity contribution in [3.05, 3.63) is 35.4 Å². The minimum absolute atomic E-state index is 0.0273. The summed E-state index contributed by atoms with van der Waals surface area (Å²) < 4.78 is 95.6. The lowest BCUT2D eigenvalue weighted by molar-refractivity contribution is -0.388. The molecule has 4 saturated carbocycles.